The normalized spacial score (nSPS) is 28.2. The van der Waals surface area contributed by atoms with Gasteiger partial charge in [0.15, 0.2) is 5.17 Å². The molecule has 2 unspecified atom stereocenters. The molecular weight excluding hydrogens is 278 g/mol. The standard InChI is InChI=1S/C17H21N3S/c1-13-3-2-9-17(11-13)12-21-16(20-17)19-15-6-4-14(5-7-15)8-10-18/h4-7,13H,2-3,8-9,11-12H2,1H3,(H,19,20). The van der Waals surface area contributed by atoms with Crippen LogP contribution in [0.3, 0.4) is 0 Å². The molecule has 1 aromatic rings. The number of nitrogens with zero attached hydrogens (tertiary/aromatic N) is 2. The Balaban J connectivity index is 1.67. The van der Waals surface area contributed by atoms with Crippen LogP contribution in [0, 0.1) is 17.2 Å². The average molecular weight is 299 g/mol. The van der Waals surface area contributed by atoms with Gasteiger partial charge < -0.3 is 5.32 Å². The molecular formula is C17H21N3S. The molecule has 1 aromatic carbocycles. The first kappa shape index (κ1) is 14.5. The van der Waals surface area contributed by atoms with E-state index in [2.05, 4.69) is 18.3 Å². The summed E-state index contributed by atoms with van der Waals surface area (Å²) in [4.78, 5) is 5.00. The van der Waals surface area contributed by atoms with Gasteiger partial charge >= 0.3 is 0 Å². The zero-order valence-electron chi connectivity index (χ0n) is 12.4. The lowest BCUT2D eigenvalue weighted by molar-refractivity contribution is 0.266. The fourth-order valence-corrected chi connectivity index (χ4v) is 4.51. The van der Waals surface area contributed by atoms with Crippen LogP contribution in [0.15, 0.2) is 29.3 Å². The minimum Gasteiger partial charge on any atom is -0.335 e. The lowest BCUT2D eigenvalue weighted by Crippen LogP contribution is -2.33. The number of anilines is 1. The van der Waals surface area contributed by atoms with E-state index in [9.17, 15) is 0 Å². The van der Waals surface area contributed by atoms with E-state index in [4.69, 9.17) is 10.3 Å². The average Bonchev–Trinajstić information content (AvgIpc) is 2.83. The van der Waals surface area contributed by atoms with Gasteiger partial charge in [-0.3, -0.25) is 4.99 Å². The summed E-state index contributed by atoms with van der Waals surface area (Å²) in [5.74, 6) is 1.92. The van der Waals surface area contributed by atoms with Gasteiger partial charge in [-0.25, -0.2) is 0 Å². The Hall–Kier alpha value is -1.47. The molecule has 1 aliphatic carbocycles. The molecule has 1 aliphatic heterocycles. The Kier molecular flexibility index (Phi) is 4.21. The van der Waals surface area contributed by atoms with E-state index >= 15 is 0 Å². The molecule has 2 atom stereocenters. The van der Waals surface area contributed by atoms with Crippen LogP contribution < -0.4 is 5.32 Å². The quantitative estimate of drug-likeness (QED) is 0.889. The molecule has 1 fully saturated rings. The molecule has 0 bridgehead atoms. The van der Waals surface area contributed by atoms with Crippen LogP contribution in [0.4, 0.5) is 5.69 Å². The molecule has 3 rings (SSSR count). The van der Waals surface area contributed by atoms with Crippen LogP contribution in [0.5, 0.6) is 0 Å². The van der Waals surface area contributed by atoms with Gasteiger partial charge in [-0.1, -0.05) is 43.7 Å². The summed E-state index contributed by atoms with van der Waals surface area (Å²) in [6.07, 6.45) is 5.59. The van der Waals surface area contributed by atoms with Crippen molar-refractivity contribution in [3.8, 4) is 6.07 Å². The minimum atomic E-state index is 0.186. The highest BCUT2D eigenvalue weighted by atomic mass is 32.2. The van der Waals surface area contributed by atoms with Crippen molar-refractivity contribution in [2.75, 3.05) is 11.1 Å². The zero-order valence-corrected chi connectivity index (χ0v) is 13.2. The smallest absolute Gasteiger partial charge is 0.161 e. The molecule has 0 radical (unpaired) electrons. The first-order valence-corrected chi connectivity index (χ1v) is 8.63. The highest BCUT2D eigenvalue weighted by Gasteiger charge is 2.39. The summed E-state index contributed by atoms with van der Waals surface area (Å²) in [5, 5.41) is 13.2. The minimum absolute atomic E-state index is 0.186. The highest BCUT2D eigenvalue weighted by Crippen LogP contribution is 2.42. The van der Waals surface area contributed by atoms with Gasteiger partial charge in [0.1, 0.15) is 0 Å². The Bertz CT molecular complexity index is 573. The van der Waals surface area contributed by atoms with E-state index in [-0.39, 0.29) is 5.54 Å². The third-order valence-electron chi connectivity index (χ3n) is 4.37. The number of benzene rings is 1. The van der Waals surface area contributed by atoms with E-state index in [1.807, 2.05) is 36.0 Å². The van der Waals surface area contributed by atoms with E-state index in [1.165, 1.54) is 25.7 Å². The summed E-state index contributed by atoms with van der Waals surface area (Å²) in [6, 6.07) is 10.2. The monoisotopic (exact) mass is 299 g/mol. The van der Waals surface area contributed by atoms with Gasteiger partial charge in [0, 0.05) is 11.4 Å². The third kappa shape index (κ3) is 3.41. The van der Waals surface area contributed by atoms with Crippen molar-refractivity contribution in [2.24, 2.45) is 10.9 Å². The fraction of sp³-hybridized carbons (Fsp3) is 0.529. The van der Waals surface area contributed by atoms with Gasteiger partial charge in [0.05, 0.1) is 18.0 Å². The van der Waals surface area contributed by atoms with Crippen molar-refractivity contribution in [1.82, 2.24) is 0 Å². The number of hydrogen-bond acceptors (Lipinski definition) is 4. The topological polar surface area (TPSA) is 48.2 Å². The zero-order chi connectivity index (χ0) is 14.7. The van der Waals surface area contributed by atoms with Crippen LogP contribution in [0.25, 0.3) is 0 Å². The predicted molar refractivity (Wildman–Crippen MR) is 89.6 cm³/mol. The summed E-state index contributed by atoms with van der Waals surface area (Å²) in [6.45, 7) is 2.35. The molecule has 21 heavy (non-hydrogen) atoms. The van der Waals surface area contributed by atoms with Gasteiger partial charge in [0.25, 0.3) is 0 Å². The summed E-state index contributed by atoms with van der Waals surface area (Å²) >= 11 is 1.85. The van der Waals surface area contributed by atoms with Crippen molar-refractivity contribution in [3.63, 3.8) is 0 Å². The van der Waals surface area contributed by atoms with E-state index in [0.717, 1.165) is 28.1 Å². The number of rotatable bonds is 2. The molecule has 1 spiro atoms. The Morgan fingerprint density at radius 2 is 2.24 bits per heavy atom. The molecule has 3 nitrogen and oxygen atoms in total. The lowest BCUT2D eigenvalue weighted by Gasteiger charge is -2.33. The molecule has 2 aliphatic rings. The number of hydrogen-bond donors (Lipinski definition) is 1. The van der Waals surface area contributed by atoms with Gasteiger partial charge in [-0.2, -0.15) is 5.26 Å². The van der Waals surface area contributed by atoms with E-state index < -0.39 is 0 Å². The van der Waals surface area contributed by atoms with Gasteiger partial charge in [-0.15, -0.1) is 0 Å². The largest absolute Gasteiger partial charge is 0.335 e. The van der Waals surface area contributed by atoms with Crippen molar-refractivity contribution in [1.29, 1.82) is 5.26 Å². The number of amidine groups is 1. The van der Waals surface area contributed by atoms with Crippen LogP contribution in [-0.2, 0) is 6.42 Å². The maximum atomic E-state index is 8.69. The van der Waals surface area contributed by atoms with Crippen LogP contribution >= 0.6 is 11.8 Å². The number of aliphatic imine (C=N–C) groups is 1. The van der Waals surface area contributed by atoms with Crippen LogP contribution in [0.2, 0.25) is 0 Å². The Morgan fingerprint density at radius 1 is 1.43 bits per heavy atom. The van der Waals surface area contributed by atoms with Gasteiger partial charge in [-0.05, 0) is 36.5 Å². The highest BCUT2D eigenvalue weighted by molar-refractivity contribution is 8.14. The second kappa shape index (κ2) is 6.11. The summed E-state index contributed by atoms with van der Waals surface area (Å²) < 4.78 is 0. The van der Waals surface area contributed by atoms with Crippen LogP contribution in [-0.4, -0.2) is 16.5 Å². The predicted octanol–water partition coefficient (Wildman–Crippen LogP) is 4.22. The van der Waals surface area contributed by atoms with Crippen LogP contribution in [0.1, 0.15) is 38.2 Å². The number of nitrogens with one attached hydrogen (secondary N) is 1. The molecule has 1 N–H and O–H groups in total. The lowest BCUT2D eigenvalue weighted by atomic mass is 9.78. The summed E-state index contributed by atoms with van der Waals surface area (Å²) in [7, 11) is 0. The second-order valence-electron chi connectivity index (χ2n) is 6.29. The van der Waals surface area contributed by atoms with Crippen molar-refractivity contribution in [2.45, 2.75) is 44.6 Å². The van der Waals surface area contributed by atoms with Crippen molar-refractivity contribution in [3.05, 3.63) is 29.8 Å². The molecule has 110 valence electrons. The molecule has 0 aromatic heterocycles. The third-order valence-corrected chi connectivity index (χ3v) is 5.52. The molecule has 1 saturated carbocycles. The maximum absolute atomic E-state index is 8.69. The Labute approximate surface area is 130 Å². The van der Waals surface area contributed by atoms with Crippen molar-refractivity contribution >= 4 is 22.6 Å². The number of nitriles is 1. The SMILES string of the molecule is CC1CCCC2(CSC(Nc3ccc(CC#N)cc3)=N2)C1. The van der Waals surface area contributed by atoms with Crippen molar-refractivity contribution < 1.29 is 0 Å². The summed E-state index contributed by atoms with van der Waals surface area (Å²) in [5.41, 5.74) is 2.30. The Morgan fingerprint density at radius 3 is 2.95 bits per heavy atom. The first-order valence-electron chi connectivity index (χ1n) is 7.65. The van der Waals surface area contributed by atoms with E-state index in [1.54, 1.807) is 0 Å². The first-order chi connectivity index (χ1) is 10.2. The molecule has 0 saturated heterocycles. The number of thioether (sulfide) groups is 1. The second-order valence-corrected chi connectivity index (χ2v) is 7.25. The molecule has 4 heteroatoms. The fourth-order valence-electron chi connectivity index (χ4n) is 3.33. The van der Waals surface area contributed by atoms with Gasteiger partial charge in [0.2, 0.25) is 0 Å². The maximum Gasteiger partial charge on any atom is 0.161 e. The van der Waals surface area contributed by atoms with E-state index in [0.29, 0.717) is 6.42 Å². The molecule has 1 heterocycles. The molecule has 0 amide bonds.